The lowest BCUT2D eigenvalue weighted by atomic mass is 10.0. The minimum Gasteiger partial charge on any atom is -0.388 e. The molecule has 1 aromatic heterocycles. The number of carbonyl (C=O) groups excluding carboxylic acids is 1. The molecule has 0 saturated heterocycles. The van der Waals surface area contributed by atoms with Crippen molar-refractivity contribution in [3.05, 3.63) is 22.9 Å². The van der Waals surface area contributed by atoms with Gasteiger partial charge in [0.25, 0.3) is 0 Å². The van der Waals surface area contributed by atoms with E-state index in [0.29, 0.717) is 0 Å². The van der Waals surface area contributed by atoms with Crippen molar-refractivity contribution in [2.24, 2.45) is 5.73 Å². The molecule has 1 rings (SSSR count). The standard InChI is InChI=1S/C9H6F6N2O2/c10-8(11,12)6-2-17-7(19-9(13,14)15)4(1-16)5(6)3-18/h2-3H,1,16H2. The van der Waals surface area contributed by atoms with Crippen LogP contribution in [0.2, 0.25) is 0 Å². The molecule has 0 bridgehead atoms. The maximum Gasteiger partial charge on any atom is 0.574 e. The van der Waals surface area contributed by atoms with E-state index in [1.54, 1.807) is 0 Å². The Morgan fingerprint density at radius 1 is 1.26 bits per heavy atom. The summed E-state index contributed by atoms with van der Waals surface area (Å²) in [6.45, 7) is -0.767. The molecule has 0 aliphatic carbocycles. The van der Waals surface area contributed by atoms with Gasteiger partial charge in [0.1, 0.15) is 0 Å². The Kier molecular flexibility index (Phi) is 4.03. The molecule has 19 heavy (non-hydrogen) atoms. The molecule has 0 aliphatic heterocycles. The van der Waals surface area contributed by atoms with Crippen molar-refractivity contribution in [1.29, 1.82) is 0 Å². The lowest BCUT2D eigenvalue weighted by molar-refractivity contribution is -0.276. The Labute approximate surface area is 102 Å². The Bertz CT molecular complexity index is 483. The Balaban J connectivity index is 3.43. The first-order valence-corrected chi connectivity index (χ1v) is 4.60. The monoisotopic (exact) mass is 288 g/mol. The van der Waals surface area contributed by atoms with E-state index in [1.807, 2.05) is 0 Å². The van der Waals surface area contributed by atoms with Crippen molar-refractivity contribution in [1.82, 2.24) is 4.98 Å². The quantitative estimate of drug-likeness (QED) is 0.684. The van der Waals surface area contributed by atoms with Crippen LogP contribution < -0.4 is 10.5 Å². The molecule has 1 aromatic rings. The summed E-state index contributed by atoms with van der Waals surface area (Å²) in [6, 6.07) is 0. The van der Waals surface area contributed by atoms with Gasteiger partial charge in [-0.1, -0.05) is 0 Å². The van der Waals surface area contributed by atoms with Gasteiger partial charge in [0.05, 0.1) is 5.56 Å². The molecule has 0 fully saturated rings. The van der Waals surface area contributed by atoms with Gasteiger partial charge in [-0.25, -0.2) is 4.98 Å². The van der Waals surface area contributed by atoms with Gasteiger partial charge < -0.3 is 10.5 Å². The minimum atomic E-state index is -5.16. The molecule has 0 spiro atoms. The Morgan fingerprint density at radius 2 is 1.84 bits per heavy atom. The molecule has 0 aromatic carbocycles. The smallest absolute Gasteiger partial charge is 0.388 e. The van der Waals surface area contributed by atoms with Crippen LogP contribution in [0.25, 0.3) is 0 Å². The fraction of sp³-hybridized carbons (Fsp3) is 0.333. The second-order valence-electron chi connectivity index (χ2n) is 3.24. The number of alkyl halides is 6. The number of rotatable bonds is 3. The Morgan fingerprint density at radius 3 is 2.21 bits per heavy atom. The predicted molar refractivity (Wildman–Crippen MR) is 49.2 cm³/mol. The maximum absolute atomic E-state index is 12.5. The van der Waals surface area contributed by atoms with E-state index in [0.717, 1.165) is 0 Å². The number of nitrogens with two attached hydrogens (primary N) is 1. The fourth-order valence-electron chi connectivity index (χ4n) is 1.30. The molecule has 0 aliphatic rings. The van der Waals surface area contributed by atoms with Gasteiger partial charge in [0.2, 0.25) is 5.88 Å². The number of hydrogen-bond acceptors (Lipinski definition) is 4. The molecule has 0 saturated carbocycles. The number of aldehydes is 1. The summed E-state index contributed by atoms with van der Waals surface area (Å²) in [5.41, 5.74) is 1.78. The zero-order chi connectivity index (χ0) is 14.8. The summed E-state index contributed by atoms with van der Waals surface area (Å²) in [4.78, 5) is 13.6. The zero-order valence-electron chi connectivity index (χ0n) is 8.97. The van der Waals surface area contributed by atoms with Crippen molar-refractivity contribution in [3.63, 3.8) is 0 Å². The first-order valence-electron chi connectivity index (χ1n) is 4.60. The van der Waals surface area contributed by atoms with Crippen molar-refractivity contribution in [3.8, 4) is 5.88 Å². The van der Waals surface area contributed by atoms with Crippen LogP contribution >= 0.6 is 0 Å². The minimum absolute atomic E-state index is 0.0873. The molecule has 1 heterocycles. The highest BCUT2D eigenvalue weighted by atomic mass is 19.4. The number of halogens is 6. The number of pyridine rings is 1. The van der Waals surface area contributed by atoms with Gasteiger partial charge in [-0.05, 0) is 0 Å². The van der Waals surface area contributed by atoms with Gasteiger partial charge >= 0.3 is 12.5 Å². The molecule has 106 valence electrons. The molecule has 0 atom stereocenters. The van der Waals surface area contributed by atoms with E-state index in [1.165, 1.54) is 0 Å². The van der Waals surface area contributed by atoms with Crippen molar-refractivity contribution in [2.75, 3.05) is 0 Å². The number of ether oxygens (including phenoxy) is 1. The van der Waals surface area contributed by atoms with Gasteiger partial charge in [-0.3, -0.25) is 4.79 Å². The van der Waals surface area contributed by atoms with Crippen LogP contribution in [0.15, 0.2) is 6.20 Å². The molecule has 0 amide bonds. The van der Waals surface area contributed by atoms with Gasteiger partial charge in [0.15, 0.2) is 6.29 Å². The molecule has 4 nitrogen and oxygen atoms in total. The van der Waals surface area contributed by atoms with E-state index in [2.05, 4.69) is 9.72 Å². The maximum atomic E-state index is 12.5. The highest BCUT2D eigenvalue weighted by Gasteiger charge is 2.38. The van der Waals surface area contributed by atoms with Gasteiger partial charge in [-0.2, -0.15) is 13.2 Å². The second kappa shape index (κ2) is 5.03. The zero-order valence-corrected chi connectivity index (χ0v) is 8.97. The molecular formula is C9H6F6N2O2. The highest BCUT2D eigenvalue weighted by molar-refractivity contribution is 5.81. The van der Waals surface area contributed by atoms with Gasteiger partial charge in [-0.15, -0.1) is 13.2 Å². The van der Waals surface area contributed by atoms with E-state index in [-0.39, 0.29) is 12.5 Å². The van der Waals surface area contributed by atoms with Crippen LogP contribution in [0.4, 0.5) is 26.3 Å². The summed E-state index contributed by atoms with van der Waals surface area (Å²) >= 11 is 0. The molecule has 2 N–H and O–H groups in total. The van der Waals surface area contributed by atoms with Crippen molar-refractivity contribution >= 4 is 6.29 Å². The average molecular weight is 288 g/mol. The first-order chi connectivity index (χ1) is 8.60. The highest BCUT2D eigenvalue weighted by Crippen LogP contribution is 2.35. The van der Waals surface area contributed by atoms with Crippen LogP contribution in [0.5, 0.6) is 5.88 Å². The third kappa shape index (κ3) is 3.56. The largest absolute Gasteiger partial charge is 0.574 e. The lowest BCUT2D eigenvalue weighted by Crippen LogP contribution is -2.22. The third-order valence-electron chi connectivity index (χ3n) is 2.02. The van der Waals surface area contributed by atoms with Crippen LogP contribution in [0, 0.1) is 0 Å². The van der Waals surface area contributed by atoms with Crippen LogP contribution in [0.3, 0.4) is 0 Å². The van der Waals surface area contributed by atoms with Gasteiger partial charge in [0, 0.05) is 23.9 Å². The van der Waals surface area contributed by atoms with E-state index in [4.69, 9.17) is 5.73 Å². The molecular weight excluding hydrogens is 282 g/mol. The third-order valence-corrected chi connectivity index (χ3v) is 2.02. The molecule has 0 unspecified atom stereocenters. The predicted octanol–water partition coefficient (Wildman–Crippen LogP) is 2.27. The number of carbonyl (C=O) groups is 1. The Hall–Kier alpha value is -1.84. The fourth-order valence-corrected chi connectivity index (χ4v) is 1.30. The summed E-state index contributed by atoms with van der Waals surface area (Å²) < 4.78 is 77.0. The number of hydrogen-bond donors (Lipinski definition) is 1. The topological polar surface area (TPSA) is 65.2 Å². The van der Waals surface area contributed by atoms with E-state index in [9.17, 15) is 31.1 Å². The van der Waals surface area contributed by atoms with E-state index >= 15 is 0 Å². The van der Waals surface area contributed by atoms with Crippen LogP contribution in [-0.4, -0.2) is 17.6 Å². The first kappa shape index (κ1) is 15.2. The number of nitrogens with zero attached hydrogens (tertiary/aromatic N) is 1. The molecule has 0 radical (unpaired) electrons. The van der Waals surface area contributed by atoms with Crippen molar-refractivity contribution in [2.45, 2.75) is 19.1 Å². The summed E-state index contributed by atoms with van der Waals surface area (Å²) in [5.74, 6) is -1.18. The summed E-state index contributed by atoms with van der Waals surface area (Å²) in [6.07, 6.45) is -10.2. The van der Waals surface area contributed by atoms with Crippen LogP contribution in [0.1, 0.15) is 21.5 Å². The number of aromatic nitrogens is 1. The van der Waals surface area contributed by atoms with Crippen LogP contribution in [-0.2, 0) is 12.7 Å². The summed E-state index contributed by atoms with van der Waals surface area (Å²) in [7, 11) is 0. The normalized spacial score (nSPS) is 12.4. The summed E-state index contributed by atoms with van der Waals surface area (Å²) in [5, 5.41) is 0. The average Bonchev–Trinajstić information content (AvgIpc) is 2.24. The van der Waals surface area contributed by atoms with Crippen molar-refractivity contribution < 1.29 is 35.9 Å². The molecule has 10 heteroatoms. The second-order valence-corrected chi connectivity index (χ2v) is 3.24. The SMILES string of the molecule is NCc1c(OC(F)(F)F)ncc(C(F)(F)F)c1C=O. The lowest BCUT2D eigenvalue weighted by Gasteiger charge is -2.16. The van der Waals surface area contributed by atoms with E-state index < -0.39 is 41.7 Å².